The molecule has 0 spiro atoms. The van der Waals surface area contributed by atoms with Crippen LogP contribution in [0.2, 0.25) is 10.0 Å². The van der Waals surface area contributed by atoms with E-state index in [4.69, 9.17) is 28.9 Å². The highest BCUT2D eigenvalue weighted by molar-refractivity contribution is 6.35. The maximum Gasteiger partial charge on any atom is 0.243 e. The van der Waals surface area contributed by atoms with Crippen molar-refractivity contribution in [1.29, 1.82) is 0 Å². The number of anilines is 1. The predicted octanol–water partition coefficient (Wildman–Crippen LogP) is 2.06. The Hall–Kier alpha value is -0.770. The maximum atomic E-state index is 11.6. The van der Waals surface area contributed by atoms with Crippen LogP contribution in [0.3, 0.4) is 0 Å². The molecule has 80 valence electrons. The lowest BCUT2D eigenvalue weighted by molar-refractivity contribution is -0.118. The summed E-state index contributed by atoms with van der Waals surface area (Å²) >= 11 is 11.7. The Bertz CT molecular complexity index is 388. The predicted molar refractivity (Wildman–Crippen MR) is 61.4 cm³/mol. The average molecular weight is 245 g/mol. The molecule has 1 fully saturated rings. The Labute approximate surface area is 97.8 Å². The van der Waals surface area contributed by atoms with Gasteiger partial charge in [-0.3, -0.25) is 4.79 Å². The van der Waals surface area contributed by atoms with E-state index in [-0.39, 0.29) is 5.91 Å². The van der Waals surface area contributed by atoms with Gasteiger partial charge >= 0.3 is 0 Å². The minimum absolute atomic E-state index is 0.0756. The number of amides is 1. The van der Waals surface area contributed by atoms with Crippen LogP contribution in [-0.4, -0.2) is 18.5 Å². The Balaban J connectivity index is 2.34. The van der Waals surface area contributed by atoms with Crippen LogP contribution in [0.25, 0.3) is 0 Å². The number of carbonyl (C=O) groups excluding carboxylic acids is 1. The minimum Gasteiger partial charge on any atom is -0.320 e. The highest BCUT2D eigenvalue weighted by Crippen LogP contribution is 2.28. The lowest BCUT2D eigenvalue weighted by Crippen LogP contribution is -2.33. The van der Waals surface area contributed by atoms with Gasteiger partial charge in [-0.2, -0.15) is 0 Å². The molecule has 0 radical (unpaired) electrons. The molecule has 1 atom stereocenters. The number of nitrogens with zero attached hydrogens (tertiary/aromatic N) is 1. The Morgan fingerprint density at radius 2 is 1.87 bits per heavy atom. The van der Waals surface area contributed by atoms with E-state index in [2.05, 4.69) is 0 Å². The van der Waals surface area contributed by atoms with E-state index in [1.54, 1.807) is 23.1 Å². The second-order valence-electron chi connectivity index (χ2n) is 3.51. The van der Waals surface area contributed by atoms with Gasteiger partial charge in [0.1, 0.15) is 0 Å². The van der Waals surface area contributed by atoms with E-state index >= 15 is 0 Å². The van der Waals surface area contributed by atoms with Gasteiger partial charge < -0.3 is 10.6 Å². The molecule has 0 saturated carbocycles. The summed E-state index contributed by atoms with van der Waals surface area (Å²) in [6.45, 7) is 0.622. The molecule has 0 bridgehead atoms. The van der Waals surface area contributed by atoms with Gasteiger partial charge in [0.2, 0.25) is 5.91 Å². The van der Waals surface area contributed by atoms with Gasteiger partial charge in [0.15, 0.2) is 0 Å². The third-order valence-electron chi connectivity index (χ3n) is 2.41. The molecule has 5 heteroatoms. The minimum atomic E-state index is -0.400. The second-order valence-corrected chi connectivity index (χ2v) is 4.39. The van der Waals surface area contributed by atoms with E-state index in [1.165, 1.54) is 0 Å². The van der Waals surface area contributed by atoms with E-state index in [0.29, 0.717) is 28.7 Å². The lowest BCUT2D eigenvalue weighted by Gasteiger charge is -2.16. The van der Waals surface area contributed by atoms with Crippen molar-refractivity contribution in [3.63, 3.8) is 0 Å². The molecular weight excluding hydrogens is 235 g/mol. The van der Waals surface area contributed by atoms with Crippen molar-refractivity contribution in [2.24, 2.45) is 5.73 Å². The molecule has 3 nitrogen and oxygen atoms in total. The van der Waals surface area contributed by atoms with Gasteiger partial charge in [-0.25, -0.2) is 0 Å². The van der Waals surface area contributed by atoms with Gasteiger partial charge in [-0.1, -0.05) is 23.2 Å². The summed E-state index contributed by atoms with van der Waals surface area (Å²) in [6, 6.07) is 4.66. The molecule has 2 N–H and O–H groups in total. The molecule has 1 aromatic rings. The van der Waals surface area contributed by atoms with Crippen LogP contribution < -0.4 is 10.6 Å². The van der Waals surface area contributed by atoms with Gasteiger partial charge in [0.05, 0.1) is 6.04 Å². The Kier molecular flexibility index (Phi) is 2.87. The topological polar surface area (TPSA) is 46.3 Å². The first-order valence-corrected chi connectivity index (χ1v) is 5.36. The number of rotatable bonds is 1. The fourth-order valence-corrected chi connectivity index (χ4v) is 2.17. The fourth-order valence-electron chi connectivity index (χ4n) is 1.65. The highest BCUT2D eigenvalue weighted by atomic mass is 35.5. The molecule has 1 amide bonds. The first kappa shape index (κ1) is 10.7. The third-order valence-corrected chi connectivity index (χ3v) is 2.84. The fraction of sp³-hybridized carbons (Fsp3) is 0.300. The molecule has 2 rings (SSSR count). The van der Waals surface area contributed by atoms with Crippen molar-refractivity contribution in [3.8, 4) is 0 Å². The van der Waals surface area contributed by atoms with Gasteiger partial charge in [-0.05, 0) is 24.6 Å². The van der Waals surface area contributed by atoms with Crippen LogP contribution in [0.4, 0.5) is 5.69 Å². The van der Waals surface area contributed by atoms with E-state index < -0.39 is 6.04 Å². The van der Waals surface area contributed by atoms with Crippen molar-refractivity contribution in [2.45, 2.75) is 12.5 Å². The Morgan fingerprint density at radius 1 is 1.27 bits per heavy atom. The van der Waals surface area contributed by atoms with Crippen LogP contribution in [0.5, 0.6) is 0 Å². The molecule has 15 heavy (non-hydrogen) atoms. The largest absolute Gasteiger partial charge is 0.320 e. The standard InChI is InChI=1S/C10H10Cl2N2O/c11-6-3-7(12)5-8(4-6)14-2-1-9(13)10(14)15/h3-5,9H,1-2,13H2. The van der Waals surface area contributed by atoms with Gasteiger partial charge in [0, 0.05) is 22.3 Å². The second kappa shape index (κ2) is 4.00. The van der Waals surface area contributed by atoms with Crippen molar-refractivity contribution in [1.82, 2.24) is 0 Å². The molecule has 1 aromatic carbocycles. The number of hydrogen-bond acceptors (Lipinski definition) is 2. The zero-order chi connectivity index (χ0) is 11.0. The molecule has 1 unspecified atom stereocenters. The Morgan fingerprint density at radius 3 is 2.33 bits per heavy atom. The zero-order valence-electron chi connectivity index (χ0n) is 7.91. The van der Waals surface area contributed by atoms with Crippen molar-refractivity contribution >= 4 is 34.8 Å². The van der Waals surface area contributed by atoms with Crippen molar-refractivity contribution in [2.75, 3.05) is 11.4 Å². The normalized spacial score (nSPS) is 21.1. The molecule has 1 aliphatic heterocycles. The highest BCUT2D eigenvalue weighted by Gasteiger charge is 2.29. The zero-order valence-corrected chi connectivity index (χ0v) is 9.42. The number of nitrogens with two attached hydrogens (primary N) is 1. The van der Waals surface area contributed by atoms with Crippen molar-refractivity contribution in [3.05, 3.63) is 28.2 Å². The summed E-state index contributed by atoms with van der Waals surface area (Å²) in [5, 5.41) is 1.04. The van der Waals surface area contributed by atoms with Crippen LogP contribution >= 0.6 is 23.2 Å². The molecule has 1 heterocycles. The first-order valence-electron chi connectivity index (χ1n) is 4.61. The summed E-state index contributed by atoms with van der Waals surface area (Å²) in [6.07, 6.45) is 0.670. The van der Waals surface area contributed by atoms with Gasteiger partial charge in [0.25, 0.3) is 0 Å². The van der Waals surface area contributed by atoms with Crippen LogP contribution in [0.15, 0.2) is 18.2 Å². The molecule has 0 aliphatic carbocycles. The smallest absolute Gasteiger partial charge is 0.243 e. The monoisotopic (exact) mass is 244 g/mol. The summed E-state index contributed by atoms with van der Waals surface area (Å²) in [7, 11) is 0. The number of carbonyl (C=O) groups is 1. The number of halogens is 2. The van der Waals surface area contributed by atoms with Crippen LogP contribution in [-0.2, 0) is 4.79 Å². The van der Waals surface area contributed by atoms with E-state index in [1.807, 2.05) is 0 Å². The van der Waals surface area contributed by atoms with Crippen LogP contribution in [0, 0.1) is 0 Å². The number of hydrogen-bond donors (Lipinski definition) is 1. The molecule has 0 aromatic heterocycles. The van der Waals surface area contributed by atoms with Crippen molar-refractivity contribution < 1.29 is 4.79 Å². The summed E-state index contributed by atoms with van der Waals surface area (Å²) in [5.41, 5.74) is 6.34. The summed E-state index contributed by atoms with van der Waals surface area (Å²) in [5.74, 6) is -0.0756. The lowest BCUT2D eigenvalue weighted by atomic mass is 10.3. The number of benzene rings is 1. The molecule has 1 aliphatic rings. The van der Waals surface area contributed by atoms with Gasteiger partial charge in [-0.15, -0.1) is 0 Å². The average Bonchev–Trinajstić information content (AvgIpc) is 2.46. The summed E-state index contributed by atoms with van der Waals surface area (Å²) in [4.78, 5) is 13.3. The van der Waals surface area contributed by atoms with Crippen LogP contribution in [0.1, 0.15) is 6.42 Å². The molecule has 1 saturated heterocycles. The quantitative estimate of drug-likeness (QED) is 0.823. The maximum absolute atomic E-state index is 11.6. The van der Waals surface area contributed by atoms with E-state index in [9.17, 15) is 4.79 Å². The SMILES string of the molecule is NC1CCN(c2cc(Cl)cc(Cl)c2)C1=O. The third kappa shape index (κ3) is 2.09. The first-order chi connectivity index (χ1) is 7.08. The summed E-state index contributed by atoms with van der Waals surface area (Å²) < 4.78 is 0. The van der Waals surface area contributed by atoms with E-state index in [0.717, 1.165) is 0 Å². The molecular formula is C10H10Cl2N2O.